The van der Waals surface area contributed by atoms with Crippen LogP contribution in [0.15, 0.2) is 84.9 Å². The summed E-state index contributed by atoms with van der Waals surface area (Å²) in [5, 5.41) is 15.4. The number of unbranched alkanes of at least 4 members (excludes halogenated alkanes) is 2. The molecule has 0 bridgehead atoms. The van der Waals surface area contributed by atoms with Gasteiger partial charge in [-0.1, -0.05) is 68.8 Å². The molecule has 1 aliphatic rings. The van der Waals surface area contributed by atoms with E-state index in [1.165, 1.54) is 6.08 Å². The molecule has 0 saturated carbocycles. The number of nitrogens with zero attached hydrogens (tertiary/aromatic N) is 1. The maximum atomic E-state index is 13.6. The summed E-state index contributed by atoms with van der Waals surface area (Å²) in [6, 6.07) is 20.8. The van der Waals surface area contributed by atoms with Crippen molar-refractivity contribution in [3.63, 3.8) is 0 Å². The zero-order valence-electron chi connectivity index (χ0n) is 37.0. The number of amides is 7. The summed E-state index contributed by atoms with van der Waals surface area (Å²) < 4.78 is 10.8. The van der Waals surface area contributed by atoms with Crippen LogP contribution in [0.2, 0.25) is 0 Å². The molecule has 7 amide bonds. The topological polar surface area (TPSA) is 236 Å². The third-order valence-electron chi connectivity index (χ3n) is 11.0. The summed E-state index contributed by atoms with van der Waals surface area (Å²) in [7, 11) is 1.59. The lowest BCUT2D eigenvalue weighted by Gasteiger charge is -2.25. The average Bonchev–Trinajstić information content (AvgIpc) is 3.68. The fourth-order valence-corrected chi connectivity index (χ4v) is 7.75. The van der Waals surface area contributed by atoms with Crippen LogP contribution in [0.4, 0.5) is 26.7 Å². The minimum atomic E-state index is -1.01. The van der Waals surface area contributed by atoms with Crippen molar-refractivity contribution in [3.8, 4) is 5.75 Å². The monoisotopic (exact) mass is 910 g/mol. The summed E-state index contributed by atoms with van der Waals surface area (Å²) in [6.45, 7) is 4.60. The van der Waals surface area contributed by atoms with E-state index in [0.29, 0.717) is 60.2 Å². The molecule has 0 aliphatic carbocycles. The highest BCUT2D eigenvalue weighted by Gasteiger charge is 2.34. The predicted octanol–water partition coefficient (Wildman–Crippen LogP) is 6.51. The van der Waals surface area contributed by atoms with Gasteiger partial charge < -0.3 is 47.1 Å². The van der Waals surface area contributed by atoms with E-state index in [1.54, 1.807) is 62.3 Å². The number of ether oxygens (including phenoxy) is 2. The Morgan fingerprint density at radius 2 is 1.60 bits per heavy atom. The third-order valence-corrected chi connectivity index (χ3v) is 11.3. The highest BCUT2D eigenvalue weighted by Crippen LogP contribution is 2.45. The summed E-state index contributed by atoms with van der Waals surface area (Å²) >= 11 is 6.46. The van der Waals surface area contributed by atoms with E-state index < -0.39 is 36.0 Å². The Kier molecular flexibility index (Phi) is 18.5. The van der Waals surface area contributed by atoms with Crippen LogP contribution in [-0.4, -0.2) is 80.5 Å². The molecule has 3 atom stereocenters. The summed E-state index contributed by atoms with van der Waals surface area (Å²) in [6.07, 6.45) is 5.52. The lowest BCUT2D eigenvalue weighted by Crippen LogP contribution is -2.54. The predicted molar refractivity (Wildman–Crippen MR) is 254 cm³/mol. The molecular weight excluding hydrogens is 852 g/mol. The van der Waals surface area contributed by atoms with Crippen molar-refractivity contribution >= 4 is 81.3 Å². The first-order valence-corrected chi connectivity index (χ1v) is 22.3. The molecule has 0 radical (unpaired) electrons. The molecule has 9 N–H and O–H groups in total. The number of rotatable bonds is 22. The molecule has 0 aromatic heterocycles. The first-order chi connectivity index (χ1) is 31.3. The molecule has 0 fully saturated rings. The second kappa shape index (κ2) is 24.4. The van der Waals surface area contributed by atoms with E-state index in [-0.39, 0.29) is 49.6 Å². The van der Waals surface area contributed by atoms with Crippen molar-refractivity contribution < 1.29 is 38.2 Å². The number of benzene rings is 4. The molecule has 16 nitrogen and oxygen atoms in total. The second-order valence-electron chi connectivity index (χ2n) is 16.1. The van der Waals surface area contributed by atoms with Crippen LogP contribution in [0.25, 0.3) is 16.8 Å². The lowest BCUT2D eigenvalue weighted by atomic mass is 9.95. The Bertz CT molecular complexity index is 2320. The standard InChI is InChI=1S/C48H59ClN8O8/c1-30(2)44(56-41(58)13-5-4-8-24-50)46(61)54-38(12-9-25-52-47(51)62)45(60)53-34-19-14-32(15-20-34)29-65-48(63)55-39-26-40-43(37-11-7-6-10-36(37)39)33(27-49)28-57(40)42(59)23-18-31-16-21-35(64-3)22-17-31/h6-7,10-11,14-23,26,30,33,38,44H,4-5,8-9,12-13,24-25,27-29,50H2,1-3H3,(H,53,60)(H,54,61)(H,55,63)(H,56,58)(H3,51,52,62). The van der Waals surface area contributed by atoms with Crippen molar-refractivity contribution in [2.45, 2.75) is 77.0 Å². The molecule has 346 valence electrons. The van der Waals surface area contributed by atoms with Gasteiger partial charge in [0.05, 0.1) is 18.5 Å². The van der Waals surface area contributed by atoms with E-state index in [2.05, 4.69) is 26.6 Å². The smallest absolute Gasteiger partial charge is 0.411 e. The minimum Gasteiger partial charge on any atom is -0.497 e. The number of nitrogens with two attached hydrogens (primary N) is 2. The van der Waals surface area contributed by atoms with Crippen molar-refractivity contribution in [2.75, 3.05) is 48.2 Å². The van der Waals surface area contributed by atoms with Gasteiger partial charge in [0.15, 0.2) is 0 Å². The van der Waals surface area contributed by atoms with Gasteiger partial charge in [0.25, 0.3) is 5.91 Å². The lowest BCUT2D eigenvalue weighted by molar-refractivity contribution is -0.132. The molecular formula is C48H59ClN8O8. The quantitative estimate of drug-likeness (QED) is 0.0258. The number of halogens is 1. The number of carbonyl (C=O) groups excluding carboxylic acids is 6. The Labute approximate surface area is 384 Å². The number of primary amides is 1. The van der Waals surface area contributed by atoms with E-state index in [0.717, 1.165) is 34.7 Å². The number of hydrogen-bond acceptors (Lipinski definition) is 9. The largest absolute Gasteiger partial charge is 0.497 e. The first-order valence-electron chi connectivity index (χ1n) is 21.7. The van der Waals surface area contributed by atoms with Gasteiger partial charge in [0.2, 0.25) is 17.7 Å². The number of carbonyl (C=O) groups is 6. The zero-order valence-corrected chi connectivity index (χ0v) is 37.7. The zero-order chi connectivity index (χ0) is 46.9. The van der Waals surface area contributed by atoms with Crippen molar-refractivity contribution in [2.24, 2.45) is 17.4 Å². The van der Waals surface area contributed by atoms with Crippen LogP contribution in [-0.2, 0) is 30.5 Å². The van der Waals surface area contributed by atoms with Gasteiger partial charge >= 0.3 is 12.1 Å². The second-order valence-corrected chi connectivity index (χ2v) is 16.4. The summed E-state index contributed by atoms with van der Waals surface area (Å²) in [5.74, 6) is -0.914. The molecule has 4 aromatic rings. The minimum absolute atomic E-state index is 0.0983. The molecule has 0 saturated heterocycles. The van der Waals surface area contributed by atoms with Gasteiger partial charge in [-0.05, 0) is 96.6 Å². The molecule has 1 aliphatic heterocycles. The van der Waals surface area contributed by atoms with E-state index in [4.69, 9.17) is 32.5 Å². The fourth-order valence-electron chi connectivity index (χ4n) is 7.50. The number of methoxy groups -OCH3 is 1. The highest BCUT2D eigenvalue weighted by atomic mass is 35.5. The molecule has 17 heteroatoms. The normalized spacial score (nSPS) is 14.1. The van der Waals surface area contributed by atoms with Crippen LogP contribution in [0.5, 0.6) is 5.75 Å². The Hall–Kier alpha value is -6.65. The van der Waals surface area contributed by atoms with Gasteiger partial charge in [-0.2, -0.15) is 0 Å². The van der Waals surface area contributed by atoms with E-state index in [9.17, 15) is 28.8 Å². The van der Waals surface area contributed by atoms with Crippen LogP contribution in [0.1, 0.15) is 75.0 Å². The van der Waals surface area contributed by atoms with Crippen LogP contribution in [0, 0.1) is 5.92 Å². The van der Waals surface area contributed by atoms with E-state index in [1.807, 2.05) is 48.5 Å². The Balaban J connectivity index is 1.22. The van der Waals surface area contributed by atoms with Gasteiger partial charge in [0.1, 0.15) is 24.4 Å². The Morgan fingerprint density at radius 1 is 0.877 bits per heavy atom. The highest BCUT2D eigenvalue weighted by molar-refractivity contribution is 6.19. The van der Waals surface area contributed by atoms with Crippen molar-refractivity contribution in [1.82, 2.24) is 16.0 Å². The maximum absolute atomic E-state index is 13.6. The van der Waals surface area contributed by atoms with Gasteiger partial charge in [0, 0.05) is 48.5 Å². The molecule has 3 unspecified atom stereocenters. The number of anilines is 3. The number of fused-ring (bicyclic) bond motifs is 3. The fraction of sp³-hybridized carbons (Fsp3) is 0.375. The van der Waals surface area contributed by atoms with Crippen molar-refractivity contribution in [3.05, 3.63) is 102 Å². The van der Waals surface area contributed by atoms with Gasteiger partial charge in [-0.3, -0.25) is 24.5 Å². The van der Waals surface area contributed by atoms with E-state index >= 15 is 0 Å². The van der Waals surface area contributed by atoms with Crippen molar-refractivity contribution in [1.29, 1.82) is 0 Å². The molecule has 4 aromatic carbocycles. The number of nitrogens with one attached hydrogen (secondary N) is 5. The average molecular weight is 912 g/mol. The third kappa shape index (κ3) is 14.2. The number of urea groups is 1. The molecule has 1 heterocycles. The summed E-state index contributed by atoms with van der Waals surface area (Å²) in [4.78, 5) is 79.6. The SMILES string of the molecule is COc1ccc(C=CC(=O)N2CC(CCl)c3c2cc(NC(=O)OCc2ccc(NC(=O)C(CCCNC(N)=O)NC(=O)C(NC(=O)CCCCCN)C(C)C)cc2)c2ccccc32)cc1. The van der Waals surface area contributed by atoms with Gasteiger partial charge in [-0.25, -0.2) is 9.59 Å². The van der Waals surface area contributed by atoms with Crippen LogP contribution < -0.4 is 47.7 Å². The first kappa shape index (κ1) is 49.4. The maximum Gasteiger partial charge on any atom is 0.411 e. The molecule has 0 spiro atoms. The molecule has 65 heavy (non-hydrogen) atoms. The Morgan fingerprint density at radius 3 is 2.26 bits per heavy atom. The van der Waals surface area contributed by atoms with Crippen LogP contribution in [0.3, 0.4) is 0 Å². The van der Waals surface area contributed by atoms with Crippen LogP contribution >= 0.6 is 11.6 Å². The summed E-state index contributed by atoms with van der Waals surface area (Å²) in [5.41, 5.74) is 14.7. The molecule has 5 rings (SSSR count). The number of hydrogen-bond donors (Lipinski definition) is 7. The number of alkyl halides is 1. The van der Waals surface area contributed by atoms with Gasteiger partial charge in [-0.15, -0.1) is 11.6 Å².